The summed E-state index contributed by atoms with van der Waals surface area (Å²) < 4.78 is 15.7. The third-order valence-electron chi connectivity index (χ3n) is 5.75. The van der Waals surface area contributed by atoms with Crippen LogP contribution in [0.25, 0.3) is 11.0 Å². The molecule has 0 bridgehead atoms. The standard InChI is InChI=1S/C25H27N5O4/c1-32-15-16-34-25(31)18(17-26)23-24(28-20-8-4-3-7-19(20)27-23)30-13-11-29(12-14-30)21-9-5-6-10-22(21)33-2/h3-10,18H,11-16H2,1-2H3/t18-/m0/s1. The lowest BCUT2D eigenvalue weighted by atomic mass is 10.1. The maximum Gasteiger partial charge on any atom is 0.329 e. The molecule has 4 rings (SSSR count). The summed E-state index contributed by atoms with van der Waals surface area (Å²) in [5.74, 6) is -0.478. The molecule has 0 aliphatic carbocycles. The predicted octanol–water partition coefficient (Wildman–Crippen LogP) is 2.76. The lowest BCUT2D eigenvalue weighted by molar-refractivity contribution is -0.145. The van der Waals surface area contributed by atoms with E-state index in [4.69, 9.17) is 19.2 Å². The molecule has 9 nitrogen and oxygen atoms in total. The number of anilines is 2. The number of ether oxygens (including phenoxy) is 3. The van der Waals surface area contributed by atoms with Gasteiger partial charge in [-0.25, -0.2) is 9.97 Å². The Hall–Kier alpha value is -3.90. The molecule has 1 fully saturated rings. The summed E-state index contributed by atoms with van der Waals surface area (Å²) in [6, 6.07) is 17.4. The molecule has 2 heterocycles. The monoisotopic (exact) mass is 461 g/mol. The predicted molar refractivity (Wildman–Crippen MR) is 128 cm³/mol. The van der Waals surface area contributed by atoms with Crippen LogP contribution in [0.1, 0.15) is 11.6 Å². The van der Waals surface area contributed by atoms with Gasteiger partial charge in [0.15, 0.2) is 11.7 Å². The number of benzene rings is 2. The summed E-state index contributed by atoms with van der Waals surface area (Å²) in [6.45, 7) is 3.07. The number of aromatic nitrogens is 2. The molecule has 1 atom stereocenters. The maximum absolute atomic E-state index is 12.7. The van der Waals surface area contributed by atoms with E-state index < -0.39 is 11.9 Å². The highest BCUT2D eigenvalue weighted by Gasteiger charge is 2.31. The third kappa shape index (κ3) is 4.87. The Morgan fingerprint density at radius 3 is 2.29 bits per heavy atom. The van der Waals surface area contributed by atoms with Crippen LogP contribution in [0.15, 0.2) is 48.5 Å². The summed E-state index contributed by atoms with van der Waals surface area (Å²) in [5.41, 5.74) is 2.68. The van der Waals surface area contributed by atoms with Gasteiger partial charge in [0.1, 0.15) is 18.1 Å². The van der Waals surface area contributed by atoms with Gasteiger partial charge in [-0.2, -0.15) is 5.26 Å². The fourth-order valence-electron chi connectivity index (χ4n) is 4.02. The second-order valence-corrected chi connectivity index (χ2v) is 7.79. The zero-order valence-corrected chi connectivity index (χ0v) is 19.3. The van der Waals surface area contributed by atoms with Crippen molar-refractivity contribution in [3.05, 3.63) is 54.2 Å². The minimum atomic E-state index is -1.18. The molecule has 1 aliphatic heterocycles. The number of nitrogens with zero attached hydrogens (tertiary/aromatic N) is 5. The average Bonchev–Trinajstić information content (AvgIpc) is 2.89. The van der Waals surface area contributed by atoms with Crippen molar-refractivity contribution in [3.8, 4) is 11.8 Å². The number of piperazine rings is 1. The molecule has 0 spiro atoms. The Bertz CT molecular complexity index is 1190. The lowest BCUT2D eigenvalue weighted by Gasteiger charge is -2.37. The molecule has 0 saturated carbocycles. The minimum Gasteiger partial charge on any atom is -0.495 e. The van der Waals surface area contributed by atoms with E-state index in [2.05, 4.69) is 20.9 Å². The molecular weight excluding hydrogens is 434 g/mol. The number of methoxy groups -OCH3 is 2. The zero-order valence-electron chi connectivity index (χ0n) is 19.3. The van der Waals surface area contributed by atoms with Crippen molar-refractivity contribution >= 4 is 28.5 Å². The highest BCUT2D eigenvalue weighted by atomic mass is 16.6. The normalized spacial score (nSPS) is 14.5. The molecule has 1 saturated heterocycles. The largest absolute Gasteiger partial charge is 0.495 e. The van der Waals surface area contributed by atoms with Crippen LogP contribution in [0, 0.1) is 11.3 Å². The van der Waals surface area contributed by atoms with E-state index in [-0.39, 0.29) is 13.2 Å². The van der Waals surface area contributed by atoms with Crippen molar-refractivity contribution in [2.24, 2.45) is 0 Å². The summed E-state index contributed by atoms with van der Waals surface area (Å²) in [5, 5.41) is 9.86. The number of nitriles is 1. The van der Waals surface area contributed by atoms with Crippen molar-refractivity contribution in [1.29, 1.82) is 5.26 Å². The van der Waals surface area contributed by atoms with Gasteiger partial charge in [0.2, 0.25) is 0 Å². The van der Waals surface area contributed by atoms with E-state index in [0.29, 0.717) is 35.6 Å². The number of hydrogen-bond acceptors (Lipinski definition) is 9. The van der Waals surface area contributed by atoms with E-state index in [1.54, 1.807) is 7.11 Å². The van der Waals surface area contributed by atoms with Crippen LogP contribution >= 0.6 is 0 Å². The van der Waals surface area contributed by atoms with Gasteiger partial charge in [0, 0.05) is 33.3 Å². The van der Waals surface area contributed by atoms with Crippen LogP contribution in [-0.2, 0) is 14.3 Å². The van der Waals surface area contributed by atoms with E-state index in [9.17, 15) is 10.1 Å². The molecule has 9 heteroatoms. The van der Waals surface area contributed by atoms with Gasteiger partial charge >= 0.3 is 5.97 Å². The SMILES string of the molecule is COCCOC(=O)[C@@H](C#N)c1nc2ccccc2nc1N1CCN(c2ccccc2OC)CC1. The van der Waals surface area contributed by atoms with Crippen LogP contribution in [0.2, 0.25) is 0 Å². The third-order valence-corrected chi connectivity index (χ3v) is 5.75. The van der Waals surface area contributed by atoms with Crippen LogP contribution in [-0.4, -0.2) is 69.5 Å². The number of carbonyl (C=O) groups excluding carboxylic acids is 1. The summed E-state index contributed by atoms with van der Waals surface area (Å²) in [7, 11) is 3.19. The van der Waals surface area contributed by atoms with Crippen molar-refractivity contribution in [2.75, 3.05) is 63.4 Å². The van der Waals surface area contributed by atoms with Crippen molar-refractivity contribution in [3.63, 3.8) is 0 Å². The van der Waals surface area contributed by atoms with Crippen LogP contribution < -0.4 is 14.5 Å². The number of rotatable bonds is 8. The molecule has 0 radical (unpaired) electrons. The Morgan fingerprint density at radius 2 is 1.62 bits per heavy atom. The van der Waals surface area contributed by atoms with Crippen LogP contribution in [0.5, 0.6) is 5.75 Å². The number of para-hydroxylation sites is 4. The van der Waals surface area contributed by atoms with E-state index in [1.165, 1.54) is 7.11 Å². The van der Waals surface area contributed by atoms with E-state index >= 15 is 0 Å². The topological polar surface area (TPSA) is 101 Å². The summed E-state index contributed by atoms with van der Waals surface area (Å²) in [6.07, 6.45) is 0. The van der Waals surface area contributed by atoms with Crippen molar-refractivity contribution in [2.45, 2.75) is 5.92 Å². The molecule has 1 aromatic heterocycles. The van der Waals surface area contributed by atoms with E-state index in [1.807, 2.05) is 48.5 Å². The van der Waals surface area contributed by atoms with Crippen LogP contribution in [0.4, 0.5) is 11.5 Å². The first-order valence-electron chi connectivity index (χ1n) is 11.1. The average molecular weight is 462 g/mol. The molecule has 34 heavy (non-hydrogen) atoms. The second kappa shape index (κ2) is 10.8. The summed E-state index contributed by atoms with van der Waals surface area (Å²) >= 11 is 0. The Morgan fingerprint density at radius 1 is 0.971 bits per heavy atom. The fraction of sp³-hybridized carbons (Fsp3) is 0.360. The quantitative estimate of drug-likeness (QED) is 0.370. The Labute approximate surface area is 198 Å². The molecular formula is C25H27N5O4. The van der Waals surface area contributed by atoms with Crippen molar-refractivity contribution < 1.29 is 19.0 Å². The minimum absolute atomic E-state index is 0.0709. The van der Waals surface area contributed by atoms with Gasteiger partial charge in [-0.3, -0.25) is 4.79 Å². The van der Waals surface area contributed by atoms with Gasteiger partial charge in [0.05, 0.1) is 36.5 Å². The van der Waals surface area contributed by atoms with Crippen LogP contribution in [0.3, 0.4) is 0 Å². The fourth-order valence-corrected chi connectivity index (χ4v) is 4.02. The van der Waals surface area contributed by atoms with Gasteiger partial charge in [-0.1, -0.05) is 24.3 Å². The molecule has 3 aromatic rings. The smallest absolute Gasteiger partial charge is 0.329 e. The molecule has 2 aromatic carbocycles. The maximum atomic E-state index is 12.7. The molecule has 0 unspecified atom stereocenters. The zero-order chi connectivity index (χ0) is 23.9. The first-order valence-corrected chi connectivity index (χ1v) is 11.1. The number of esters is 1. The van der Waals surface area contributed by atoms with Gasteiger partial charge in [0.25, 0.3) is 0 Å². The molecule has 0 amide bonds. The van der Waals surface area contributed by atoms with Gasteiger partial charge in [-0.05, 0) is 24.3 Å². The second-order valence-electron chi connectivity index (χ2n) is 7.79. The first kappa shape index (κ1) is 23.3. The van der Waals surface area contributed by atoms with Crippen molar-refractivity contribution in [1.82, 2.24) is 9.97 Å². The number of fused-ring (bicyclic) bond motifs is 1. The number of carbonyl (C=O) groups is 1. The summed E-state index contributed by atoms with van der Waals surface area (Å²) in [4.78, 5) is 26.5. The molecule has 1 aliphatic rings. The molecule has 0 N–H and O–H groups in total. The van der Waals surface area contributed by atoms with Gasteiger partial charge in [-0.15, -0.1) is 0 Å². The molecule has 176 valence electrons. The highest BCUT2D eigenvalue weighted by Crippen LogP contribution is 2.32. The number of hydrogen-bond donors (Lipinski definition) is 0. The highest BCUT2D eigenvalue weighted by molar-refractivity contribution is 5.85. The van der Waals surface area contributed by atoms with Gasteiger partial charge < -0.3 is 24.0 Å². The Balaban J connectivity index is 1.63. The first-order chi connectivity index (χ1) is 16.7. The Kier molecular flexibility index (Phi) is 7.40. The lowest BCUT2D eigenvalue weighted by Crippen LogP contribution is -2.47. The van der Waals surface area contributed by atoms with E-state index in [0.717, 1.165) is 24.5 Å².